The van der Waals surface area contributed by atoms with E-state index in [0.29, 0.717) is 6.04 Å². The maximum absolute atomic E-state index is 6.41. The monoisotopic (exact) mass is 269 g/mol. The number of benzene rings is 1. The third kappa shape index (κ3) is 2.63. The van der Waals surface area contributed by atoms with Gasteiger partial charge in [0.2, 0.25) is 0 Å². The zero-order chi connectivity index (χ0) is 13.9. The van der Waals surface area contributed by atoms with Gasteiger partial charge in [0.15, 0.2) is 0 Å². The number of nitrogens with two attached hydrogens (primary N) is 1. The van der Waals surface area contributed by atoms with E-state index in [-0.39, 0.29) is 6.04 Å². The largest absolute Gasteiger partial charge is 0.330 e. The average molecular weight is 269 g/mol. The Balaban J connectivity index is 1.75. The standard InChI is InChI=1S/C17H23N3/c1-13(15-8-5-9-15)20-12-19-11-17(20)16(18)10-14-6-3-2-4-7-14/h2-4,6-7,11-13,15-16H,5,8-10,18H2,1H3/t13?,16-/m1/s1. The van der Waals surface area contributed by atoms with E-state index in [4.69, 9.17) is 5.73 Å². The molecular formula is C17H23N3. The van der Waals surface area contributed by atoms with Crippen LogP contribution in [-0.4, -0.2) is 9.55 Å². The Kier molecular flexibility index (Phi) is 3.88. The molecule has 1 fully saturated rings. The van der Waals surface area contributed by atoms with Gasteiger partial charge in [-0.05, 0) is 37.7 Å². The Hall–Kier alpha value is -1.61. The zero-order valence-corrected chi connectivity index (χ0v) is 12.1. The molecule has 0 bridgehead atoms. The lowest BCUT2D eigenvalue weighted by Crippen LogP contribution is -2.26. The van der Waals surface area contributed by atoms with Crippen molar-refractivity contribution in [1.82, 2.24) is 9.55 Å². The topological polar surface area (TPSA) is 43.8 Å². The molecular weight excluding hydrogens is 246 g/mol. The van der Waals surface area contributed by atoms with Crippen LogP contribution in [0.2, 0.25) is 0 Å². The molecule has 106 valence electrons. The van der Waals surface area contributed by atoms with Crippen molar-refractivity contribution in [3.05, 3.63) is 54.1 Å². The summed E-state index contributed by atoms with van der Waals surface area (Å²) in [7, 11) is 0. The molecule has 0 spiro atoms. The van der Waals surface area contributed by atoms with Crippen LogP contribution < -0.4 is 5.73 Å². The minimum atomic E-state index is 0.0161. The molecule has 0 radical (unpaired) electrons. The van der Waals surface area contributed by atoms with Crippen molar-refractivity contribution in [2.75, 3.05) is 0 Å². The lowest BCUT2D eigenvalue weighted by atomic mass is 9.80. The maximum Gasteiger partial charge on any atom is 0.0951 e. The number of nitrogens with zero attached hydrogens (tertiary/aromatic N) is 2. The normalized spacial score (nSPS) is 18.5. The molecule has 1 unspecified atom stereocenters. The smallest absolute Gasteiger partial charge is 0.0951 e. The van der Waals surface area contributed by atoms with Gasteiger partial charge in [0.05, 0.1) is 18.1 Å². The van der Waals surface area contributed by atoms with E-state index < -0.39 is 0 Å². The van der Waals surface area contributed by atoms with Gasteiger partial charge in [0.25, 0.3) is 0 Å². The number of aromatic nitrogens is 2. The molecule has 1 aromatic heterocycles. The number of rotatable bonds is 5. The van der Waals surface area contributed by atoms with Gasteiger partial charge in [-0.2, -0.15) is 0 Å². The molecule has 1 aliphatic carbocycles. The lowest BCUT2D eigenvalue weighted by molar-refractivity contribution is 0.218. The van der Waals surface area contributed by atoms with E-state index in [9.17, 15) is 0 Å². The highest BCUT2D eigenvalue weighted by Gasteiger charge is 2.27. The number of imidazole rings is 1. The van der Waals surface area contributed by atoms with Crippen molar-refractivity contribution < 1.29 is 0 Å². The first-order valence-electron chi connectivity index (χ1n) is 7.57. The maximum atomic E-state index is 6.41. The first kappa shape index (κ1) is 13.4. The van der Waals surface area contributed by atoms with Crippen molar-refractivity contribution in [2.45, 2.75) is 44.7 Å². The van der Waals surface area contributed by atoms with Crippen LogP contribution in [0.1, 0.15) is 49.5 Å². The first-order valence-corrected chi connectivity index (χ1v) is 7.57. The van der Waals surface area contributed by atoms with E-state index in [0.717, 1.165) is 18.0 Å². The molecule has 1 aliphatic rings. The fourth-order valence-corrected chi connectivity index (χ4v) is 3.06. The molecule has 2 aromatic rings. The van der Waals surface area contributed by atoms with Crippen LogP contribution in [0.5, 0.6) is 0 Å². The highest BCUT2D eigenvalue weighted by atomic mass is 15.1. The van der Waals surface area contributed by atoms with Crippen LogP contribution in [0.4, 0.5) is 0 Å². The minimum absolute atomic E-state index is 0.0161. The predicted octanol–water partition coefficient (Wildman–Crippen LogP) is 3.49. The van der Waals surface area contributed by atoms with E-state index in [1.165, 1.54) is 24.8 Å². The van der Waals surface area contributed by atoms with Gasteiger partial charge in [-0.1, -0.05) is 36.8 Å². The van der Waals surface area contributed by atoms with Gasteiger partial charge >= 0.3 is 0 Å². The quantitative estimate of drug-likeness (QED) is 0.903. The first-order chi connectivity index (χ1) is 9.75. The lowest BCUT2D eigenvalue weighted by Gasteiger charge is -2.33. The van der Waals surface area contributed by atoms with Crippen LogP contribution >= 0.6 is 0 Å². The highest BCUT2D eigenvalue weighted by Crippen LogP contribution is 2.37. The van der Waals surface area contributed by atoms with E-state index in [1.54, 1.807) is 0 Å². The van der Waals surface area contributed by atoms with Gasteiger partial charge in [-0.3, -0.25) is 0 Å². The second-order valence-electron chi connectivity index (χ2n) is 5.95. The second-order valence-corrected chi connectivity index (χ2v) is 5.95. The van der Waals surface area contributed by atoms with Crippen LogP contribution in [0, 0.1) is 5.92 Å². The van der Waals surface area contributed by atoms with Crippen LogP contribution in [0.3, 0.4) is 0 Å². The summed E-state index contributed by atoms with van der Waals surface area (Å²) < 4.78 is 2.29. The van der Waals surface area contributed by atoms with Gasteiger partial charge in [0, 0.05) is 12.2 Å². The SMILES string of the molecule is CC(C1CCC1)n1cncc1[C@H](N)Cc1ccccc1. The number of hydrogen-bond acceptors (Lipinski definition) is 2. The van der Waals surface area contributed by atoms with Gasteiger partial charge in [0.1, 0.15) is 0 Å². The summed E-state index contributed by atoms with van der Waals surface area (Å²) in [5, 5.41) is 0. The van der Waals surface area contributed by atoms with Crippen molar-refractivity contribution in [3.8, 4) is 0 Å². The molecule has 2 N–H and O–H groups in total. The fraction of sp³-hybridized carbons (Fsp3) is 0.471. The Morgan fingerprint density at radius 3 is 2.70 bits per heavy atom. The zero-order valence-electron chi connectivity index (χ0n) is 12.1. The van der Waals surface area contributed by atoms with Gasteiger partial charge in [-0.15, -0.1) is 0 Å². The molecule has 0 aliphatic heterocycles. The molecule has 1 aromatic carbocycles. The van der Waals surface area contributed by atoms with Crippen molar-refractivity contribution in [2.24, 2.45) is 11.7 Å². The Morgan fingerprint density at radius 2 is 2.05 bits per heavy atom. The van der Waals surface area contributed by atoms with Crippen molar-refractivity contribution in [1.29, 1.82) is 0 Å². The van der Waals surface area contributed by atoms with Crippen molar-refractivity contribution in [3.63, 3.8) is 0 Å². The average Bonchev–Trinajstić information content (AvgIpc) is 2.87. The Bertz CT molecular complexity index is 542. The van der Waals surface area contributed by atoms with E-state index in [1.807, 2.05) is 18.6 Å². The summed E-state index contributed by atoms with van der Waals surface area (Å²) in [5.74, 6) is 0.798. The summed E-state index contributed by atoms with van der Waals surface area (Å²) in [5.41, 5.74) is 8.85. The Morgan fingerprint density at radius 1 is 1.30 bits per heavy atom. The molecule has 3 rings (SSSR count). The molecule has 20 heavy (non-hydrogen) atoms. The molecule has 2 atom stereocenters. The van der Waals surface area contributed by atoms with Crippen LogP contribution in [0.25, 0.3) is 0 Å². The van der Waals surface area contributed by atoms with Crippen LogP contribution in [-0.2, 0) is 6.42 Å². The molecule has 3 heteroatoms. The number of hydrogen-bond donors (Lipinski definition) is 1. The van der Waals surface area contributed by atoms with Crippen LogP contribution in [0.15, 0.2) is 42.9 Å². The molecule has 1 saturated carbocycles. The second kappa shape index (κ2) is 5.80. The third-order valence-corrected chi connectivity index (χ3v) is 4.65. The van der Waals surface area contributed by atoms with Gasteiger partial charge < -0.3 is 10.3 Å². The molecule has 0 saturated heterocycles. The Labute approximate surface area is 120 Å². The van der Waals surface area contributed by atoms with Crippen molar-refractivity contribution >= 4 is 0 Å². The van der Waals surface area contributed by atoms with E-state index in [2.05, 4.69) is 40.7 Å². The summed E-state index contributed by atoms with van der Waals surface area (Å²) >= 11 is 0. The fourth-order valence-electron chi connectivity index (χ4n) is 3.06. The summed E-state index contributed by atoms with van der Waals surface area (Å²) in [6.07, 6.45) is 8.80. The van der Waals surface area contributed by atoms with Gasteiger partial charge in [-0.25, -0.2) is 4.98 Å². The molecule has 0 amide bonds. The third-order valence-electron chi connectivity index (χ3n) is 4.65. The summed E-state index contributed by atoms with van der Waals surface area (Å²) in [6.45, 7) is 2.30. The summed E-state index contributed by atoms with van der Waals surface area (Å²) in [4.78, 5) is 4.33. The summed E-state index contributed by atoms with van der Waals surface area (Å²) in [6, 6.07) is 11.0. The highest BCUT2D eigenvalue weighted by molar-refractivity contribution is 5.19. The molecule has 1 heterocycles. The predicted molar refractivity (Wildman–Crippen MR) is 81.4 cm³/mol. The molecule has 3 nitrogen and oxygen atoms in total. The minimum Gasteiger partial charge on any atom is -0.330 e. The van der Waals surface area contributed by atoms with E-state index >= 15 is 0 Å².